The van der Waals surface area contributed by atoms with Crippen molar-refractivity contribution in [1.82, 2.24) is 4.57 Å². The minimum Gasteiger partial charge on any atom is -0.505 e. The van der Waals surface area contributed by atoms with Crippen LogP contribution < -0.4 is 21.1 Å². The molecule has 34 heavy (non-hydrogen) atoms. The van der Waals surface area contributed by atoms with Gasteiger partial charge >= 0.3 is 7.52 Å². The second-order valence-corrected chi connectivity index (χ2v) is 11.8. The van der Waals surface area contributed by atoms with E-state index in [4.69, 9.17) is 15.0 Å². The molecule has 1 amide bonds. The van der Waals surface area contributed by atoms with Crippen LogP contribution in [0.2, 0.25) is 0 Å². The third kappa shape index (κ3) is 4.93. The van der Waals surface area contributed by atoms with Crippen molar-refractivity contribution in [1.29, 1.82) is 0 Å². The topological polar surface area (TPSA) is 148 Å². The molecule has 1 aliphatic heterocycles. The van der Waals surface area contributed by atoms with Gasteiger partial charge in [0.1, 0.15) is 11.3 Å². The van der Waals surface area contributed by atoms with Crippen molar-refractivity contribution >= 4 is 30.3 Å². The van der Waals surface area contributed by atoms with Crippen LogP contribution in [-0.2, 0) is 25.8 Å². The zero-order valence-electron chi connectivity index (χ0n) is 20.4. The number of amides is 1. The van der Waals surface area contributed by atoms with Crippen molar-refractivity contribution in [2.45, 2.75) is 53.0 Å². The van der Waals surface area contributed by atoms with Gasteiger partial charge in [-0.25, -0.2) is 0 Å². The number of carbonyl (C=O) groups excluding carboxylic acids is 1. The van der Waals surface area contributed by atoms with Gasteiger partial charge in [0.2, 0.25) is 5.88 Å². The average Bonchev–Trinajstić information content (AvgIpc) is 3.00. The number of rotatable bonds is 8. The molecule has 0 saturated carbocycles. The van der Waals surface area contributed by atoms with Crippen LogP contribution in [0.1, 0.15) is 52.3 Å². The summed E-state index contributed by atoms with van der Waals surface area (Å²) in [4.78, 5) is 11.0. The van der Waals surface area contributed by atoms with Gasteiger partial charge in [-0.05, 0) is 30.5 Å². The average molecular weight is 493 g/mol. The minimum atomic E-state index is -3.80. The first-order valence-corrected chi connectivity index (χ1v) is 12.6. The molecule has 0 bridgehead atoms. The van der Waals surface area contributed by atoms with Gasteiger partial charge in [-0.2, -0.15) is 4.76 Å². The summed E-state index contributed by atoms with van der Waals surface area (Å²) in [5, 5.41) is 25.7. The molecule has 0 saturated heterocycles. The highest BCUT2D eigenvalue weighted by atomic mass is 31.2. The van der Waals surface area contributed by atoms with Gasteiger partial charge in [0, 0.05) is 19.1 Å². The first kappa shape index (κ1) is 25.6. The number of carbonyl (C=O) groups is 1. The van der Waals surface area contributed by atoms with Crippen molar-refractivity contribution in [3.63, 3.8) is 0 Å². The van der Waals surface area contributed by atoms with E-state index in [9.17, 15) is 19.6 Å². The highest BCUT2D eigenvalue weighted by Gasteiger charge is 2.38. The van der Waals surface area contributed by atoms with Gasteiger partial charge in [0.05, 0.1) is 16.7 Å². The van der Waals surface area contributed by atoms with E-state index in [2.05, 4.69) is 23.9 Å². The number of nitrogens with one attached hydrogen (secondary N) is 1. The van der Waals surface area contributed by atoms with Gasteiger partial charge in [-0.15, -0.1) is 0 Å². The number of nitrogens with zero attached hydrogens (tertiary/aromatic N) is 2. The van der Waals surface area contributed by atoms with E-state index in [1.807, 2.05) is 20.8 Å². The Hall–Kier alpha value is -2.97. The van der Waals surface area contributed by atoms with Gasteiger partial charge in [-0.1, -0.05) is 34.6 Å². The molecule has 2 aromatic rings. The Morgan fingerprint density at radius 1 is 1.29 bits per heavy atom. The van der Waals surface area contributed by atoms with E-state index in [1.165, 1.54) is 13.2 Å². The molecule has 1 aliphatic rings. The van der Waals surface area contributed by atoms with Gasteiger partial charge in [-0.3, -0.25) is 9.36 Å². The van der Waals surface area contributed by atoms with Crippen molar-refractivity contribution in [2.75, 3.05) is 19.0 Å². The smallest absolute Gasteiger partial charge is 0.348 e. The number of aromatic nitrogens is 1. The van der Waals surface area contributed by atoms with Gasteiger partial charge in [0.25, 0.3) is 5.91 Å². The molecular weight excluding hydrogens is 459 g/mol. The van der Waals surface area contributed by atoms with Crippen LogP contribution in [0.4, 0.5) is 5.69 Å². The number of hydrogen-bond donors (Lipinski definition) is 4. The summed E-state index contributed by atoms with van der Waals surface area (Å²) in [5.41, 5.74) is 5.66. The molecule has 10 nitrogen and oxygen atoms in total. The quantitative estimate of drug-likeness (QED) is 0.413. The number of anilines is 1. The molecule has 0 aliphatic carbocycles. The predicted molar refractivity (Wildman–Crippen MR) is 131 cm³/mol. The van der Waals surface area contributed by atoms with E-state index in [0.29, 0.717) is 23.8 Å². The van der Waals surface area contributed by atoms with Crippen molar-refractivity contribution < 1.29 is 28.8 Å². The minimum absolute atomic E-state index is 0.0345. The Morgan fingerprint density at radius 3 is 2.53 bits per heavy atom. The van der Waals surface area contributed by atoms with Gasteiger partial charge in [0.15, 0.2) is 18.2 Å². The highest BCUT2D eigenvalue weighted by molar-refractivity contribution is 7.66. The first-order chi connectivity index (χ1) is 15.8. The van der Waals surface area contributed by atoms with Crippen molar-refractivity contribution in [2.24, 2.45) is 16.4 Å². The standard InChI is InChI=1S/C23H33N4O6P/c1-13(2)9-10-27-20(23(3,4)5)19(29)18(22(27)30)21-25-15-8-7-14(33-12-17(24)28)11-16(15)34(31,26-21)32-6/h7-8,11,13,29-30H,9-10,12H2,1-6H3,(H2,24,28)(H,25,26,31). The molecule has 1 aromatic heterocycles. The third-order valence-electron chi connectivity index (χ3n) is 5.47. The molecule has 0 radical (unpaired) electrons. The molecule has 2 heterocycles. The van der Waals surface area contributed by atoms with Crippen LogP contribution in [0.5, 0.6) is 17.4 Å². The maximum absolute atomic E-state index is 13.7. The van der Waals surface area contributed by atoms with Crippen LogP contribution in [0, 0.1) is 5.92 Å². The van der Waals surface area contributed by atoms with Crippen molar-refractivity contribution in [3.8, 4) is 17.4 Å². The number of hydrogen-bond acceptors (Lipinski definition) is 7. The number of amidine groups is 1. The summed E-state index contributed by atoms with van der Waals surface area (Å²) < 4.78 is 30.3. The molecule has 186 valence electrons. The monoisotopic (exact) mass is 492 g/mol. The SMILES string of the molecule is COP1(=O)N=C(c2c(O)c(C(C)(C)C)n(CCC(C)C)c2O)Nc2ccc(OCC(N)=O)cc21. The normalized spacial score (nSPS) is 17.8. The van der Waals surface area contributed by atoms with Gasteiger partial charge < -0.3 is 35.1 Å². The number of aromatic hydroxyl groups is 2. The summed E-state index contributed by atoms with van der Waals surface area (Å²) in [7, 11) is -2.53. The lowest BCUT2D eigenvalue weighted by molar-refractivity contribution is -0.119. The molecular formula is C23H33N4O6P. The fourth-order valence-electron chi connectivity index (χ4n) is 3.86. The van der Waals surface area contributed by atoms with Crippen LogP contribution in [0.25, 0.3) is 0 Å². The Balaban J connectivity index is 2.12. The van der Waals surface area contributed by atoms with E-state index < -0.39 is 18.8 Å². The maximum Gasteiger partial charge on any atom is 0.348 e. The zero-order chi connectivity index (χ0) is 25.4. The third-order valence-corrected chi connectivity index (χ3v) is 7.41. The molecule has 5 N–H and O–H groups in total. The second kappa shape index (κ2) is 9.35. The lowest BCUT2D eigenvalue weighted by atomic mass is 9.91. The van der Waals surface area contributed by atoms with Crippen LogP contribution in [0.15, 0.2) is 23.0 Å². The molecule has 0 spiro atoms. The second-order valence-electron chi connectivity index (χ2n) is 9.69. The van der Waals surface area contributed by atoms with E-state index in [-0.39, 0.29) is 40.7 Å². The van der Waals surface area contributed by atoms with Crippen LogP contribution in [0.3, 0.4) is 0 Å². The summed E-state index contributed by atoms with van der Waals surface area (Å²) in [6.45, 7) is 10.1. The zero-order valence-corrected chi connectivity index (χ0v) is 21.3. The Morgan fingerprint density at radius 2 is 1.97 bits per heavy atom. The van der Waals surface area contributed by atoms with E-state index >= 15 is 0 Å². The van der Waals surface area contributed by atoms with Crippen LogP contribution in [-0.4, -0.2) is 40.2 Å². The Bertz CT molecular complexity index is 1180. The largest absolute Gasteiger partial charge is 0.505 e. The lowest BCUT2D eigenvalue weighted by Crippen LogP contribution is -2.26. The molecule has 0 fully saturated rings. The predicted octanol–water partition coefficient (Wildman–Crippen LogP) is 3.44. The lowest BCUT2D eigenvalue weighted by Gasteiger charge is -2.24. The summed E-state index contributed by atoms with van der Waals surface area (Å²) in [6.07, 6.45) is 0.789. The Kier molecular flexibility index (Phi) is 7.05. The van der Waals surface area contributed by atoms with E-state index in [1.54, 1.807) is 16.7 Å². The van der Waals surface area contributed by atoms with Crippen LogP contribution >= 0.6 is 7.52 Å². The molecule has 1 unspecified atom stereocenters. The maximum atomic E-state index is 13.7. The summed E-state index contributed by atoms with van der Waals surface area (Å²) in [6, 6.07) is 4.64. The summed E-state index contributed by atoms with van der Waals surface area (Å²) >= 11 is 0. The fourth-order valence-corrected chi connectivity index (χ4v) is 5.39. The fraction of sp³-hybridized carbons (Fsp3) is 0.478. The number of nitrogens with two attached hydrogens (primary N) is 1. The number of benzene rings is 1. The van der Waals surface area contributed by atoms with Crippen molar-refractivity contribution in [3.05, 3.63) is 29.5 Å². The number of primary amides is 1. The molecule has 11 heteroatoms. The highest BCUT2D eigenvalue weighted by Crippen LogP contribution is 2.53. The first-order valence-electron chi connectivity index (χ1n) is 11.0. The number of fused-ring (bicyclic) bond motifs is 1. The van der Waals surface area contributed by atoms with E-state index in [0.717, 1.165) is 6.42 Å². The summed E-state index contributed by atoms with van der Waals surface area (Å²) in [5.74, 6) is -0.247. The Labute approximate surface area is 199 Å². The molecule has 1 atom stereocenters. The number of ether oxygens (including phenoxy) is 1. The molecule has 1 aromatic carbocycles. The molecule has 3 rings (SSSR count).